The van der Waals surface area contributed by atoms with Crippen molar-refractivity contribution < 1.29 is 54.6 Å². The quantitative estimate of drug-likeness (QED) is 0.0301. The number of nitrogens with zero attached hydrogens (tertiary/aromatic N) is 2. The van der Waals surface area contributed by atoms with Crippen molar-refractivity contribution in [3.05, 3.63) is 175 Å². The summed E-state index contributed by atoms with van der Waals surface area (Å²) in [4.78, 5) is 61.2. The lowest BCUT2D eigenvalue weighted by atomic mass is 10.0. The summed E-state index contributed by atoms with van der Waals surface area (Å²) in [7, 11) is -6.31. The zero-order valence-corrected chi connectivity index (χ0v) is 44.6. The fraction of sp³-hybridized carbons (Fsp3) is 0.240. The summed E-state index contributed by atoms with van der Waals surface area (Å²) >= 11 is 4.39. The molecular formula is C50H54N8O12S5. The molecule has 0 aliphatic rings. The van der Waals surface area contributed by atoms with Gasteiger partial charge in [0.15, 0.2) is 0 Å². The van der Waals surface area contributed by atoms with Gasteiger partial charge in [0.1, 0.15) is 22.1 Å². The number of aromatic nitrogens is 2. The molecule has 4 amide bonds. The number of benzene rings is 4. The van der Waals surface area contributed by atoms with Gasteiger partial charge in [-0.25, -0.2) is 19.6 Å². The van der Waals surface area contributed by atoms with Crippen LogP contribution in [0, 0.1) is 0 Å². The summed E-state index contributed by atoms with van der Waals surface area (Å²) in [6.45, 7) is 1.99. The minimum absolute atomic E-state index is 0.196. The maximum atomic E-state index is 13.5. The highest BCUT2D eigenvalue weighted by atomic mass is 32.2. The van der Waals surface area contributed by atoms with Crippen molar-refractivity contribution in [2.24, 2.45) is 0 Å². The van der Waals surface area contributed by atoms with Gasteiger partial charge in [-0.1, -0.05) is 97.9 Å². The topological polar surface area (TPSA) is 293 Å². The Morgan fingerprint density at radius 2 is 0.960 bits per heavy atom. The fourth-order valence-electron chi connectivity index (χ4n) is 7.28. The minimum Gasteiger partial charge on any atom is -0.453 e. The Hall–Kier alpha value is -7.26. The Balaban J connectivity index is 0.000000245. The molecule has 7 rings (SSSR count). The number of amides is 4. The van der Waals surface area contributed by atoms with Gasteiger partial charge in [-0.2, -0.15) is 16.8 Å². The smallest absolute Gasteiger partial charge is 0.407 e. The number of thiazole rings is 2. The van der Waals surface area contributed by atoms with E-state index < -0.39 is 68.8 Å². The van der Waals surface area contributed by atoms with Crippen molar-refractivity contribution in [3.63, 3.8) is 0 Å². The van der Waals surface area contributed by atoms with E-state index in [1.165, 1.54) is 61.2 Å². The number of thiophene rings is 1. The number of methoxy groups -OCH3 is 2. The number of nitrogens with one attached hydrogen (secondary N) is 6. The number of carbonyl (C=O) groups excluding carboxylic acids is 4. The maximum Gasteiger partial charge on any atom is 0.407 e. The van der Waals surface area contributed by atoms with Crippen LogP contribution in [0.2, 0.25) is 0 Å². The van der Waals surface area contributed by atoms with Crippen LogP contribution in [-0.2, 0) is 71.8 Å². The Labute approximate surface area is 446 Å². The fourth-order valence-corrected chi connectivity index (χ4v) is 10.7. The van der Waals surface area contributed by atoms with E-state index in [0.29, 0.717) is 22.9 Å². The Bertz CT molecular complexity index is 3180. The lowest BCUT2D eigenvalue weighted by molar-refractivity contribution is -0.124. The Kier molecular flexibility index (Phi) is 20.8. The average molecular weight is 1120 g/mol. The van der Waals surface area contributed by atoms with E-state index in [-0.39, 0.29) is 24.2 Å². The highest BCUT2D eigenvalue weighted by molar-refractivity contribution is 7.87. The van der Waals surface area contributed by atoms with E-state index in [9.17, 15) is 36.0 Å². The van der Waals surface area contributed by atoms with Gasteiger partial charge < -0.3 is 30.7 Å². The summed E-state index contributed by atoms with van der Waals surface area (Å²) in [6.07, 6.45) is 0.529. The number of aryl methyl sites for hydroxylation is 1. The third-order valence-electron chi connectivity index (χ3n) is 10.9. The summed E-state index contributed by atoms with van der Waals surface area (Å²) < 4.78 is 75.8. The van der Waals surface area contributed by atoms with Gasteiger partial charge in [0.25, 0.3) is 0 Å². The monoisotopic (exact) mass is 1120 g/mol. The van der Waals surface area contributed by atoms with Gasteiger partial charge in [-0.05, 0) is 77.2 Å². The molecule has 0 spiro atoms. The highest BCUT2D eigenvalue weighted by Gasteiger charge is 2.29. The molecular weight excluding hydrogens is 1060 g/mol. The van der Waals surface area contributed by atoms with Gasteiger partial charge in [0.05, 0.1) is 53.9 Å². The number of anilines is 2. The first kappa shape index (κ1) is 57.0. The van der Waals surface area contributed by atoms with Crippen LogP contribution in [0.25, 0.3) is 10.6 Å². The predicted molar refractivity (Wildman–Crippen MR) is 288 cm³/mol. The van der Waals surface area contributed by atoms with Crippen LogP contribution in [0.15, 0.2) is 137 Å². The molecule has 0 saturated heterocycles. The van der Waals surface area contributed by atoms with E-state index in [0.717, 1.165) is 44.9 Å². The molecule has 3 aromatic heterocycles. The molecule has 0 aliphatic carbocycles. The molecule has 8 N–H and O–H groups in total. The van der Waals surface area contributed by atoms with Crippen LogP contribution in [0.5, 0.6) is 0 Å². The van der Waals surface area contributed by atoms with Crippen LogP contribution in [0.1, 0.15) is 57.0 Å². The van der Waals surface area contributed by atoms with E-state index in [1.807, 2.05) is 105 Å². The third-order valence-corrected chi connectivity index (χ3v) is 14.7. The van der Waals surface area contributed by atoms with E-state index in [4.69, 9.17) is 23.6 Å². The minimum atomic E-state index is -4.40. The Morgan fingerprint density at radius 1 is 0.533 bits per heavy atom. The molecule has 0 saturated carbocycles. The van der Waals surface area contributed by atoms with E-state index in [1.54, 1.807) is 35.6 Å². The van der Waals surface area contributed by atoms with Crippen molar-refractivity contribution in [2.45, 2.75) is 63.2 Å². The second-order valence-electron chi connectivity index (χ2n) is 16.4. The SMILES string of the molecule is CCc1csc([C@H](Cc2ccc(NS(=O)(=O)O)cc2)NC(=O)[C@H](Cc2ccccc2)NC(=O)OC)n1.COC(=O)N[C@@H](Cc1ccccc1)C(=O)N[C@@H](Cc1ccc(NS(=O)(=O)O)cc1)c1nc(-c2cccs2)cs1. The van der Waals surface area contributed by atoms with Gasteiger partial charge in [-0.3, -0.25) is 28.1 Å². The predicted octanol–water partition coefficient (Wildman–Crippen LogP) is 7.74. The molecule has 0 aliphatic heterocycles. The highest BCUT2D eigenvalue weighted by Crippen LogP contribution is 2.31. The third kappa shape index (κ3) is 18.9. The lowest BCUT2D eigenvalue weighted by Gasteiger charge is -2.22. The molecule has 25 heteroatoms. The molecule has 4 aromatic carbocycles. The first-order chi connectivity index (χ1) is 35.9. The molecule has 0 bridgehead atoms. The molecule has 0 radical (unpaired) electrons. The van der Waals surface area contributed by atoms with Crippen LogP contribution in [0.4, 0.5) is 21.0 Å². The standard InChI is InChI=1S/C26H26N4O6S3.C24H28N4O6S2/c1-36-26(32)29-20(14-17-6-3-2-4-7-17)24(31)27-21(25-28-22(16-38-25)23-8-5-13-37-23)15-18-9-11-19(12-10-18)30-39(33,34)35;1-3-18-15-35-23(25-18)21(14-17-9-11-19(12-10-17)28-36(31,32)33)26-22(29)20(27-24(30)34-2)13-16-7-5-4-6-8-16/h2-13,16,20-21,30H,14-15H2,1H3,(H,27,31)(H,29,32)(H,33,34,35);4-12,15,20-21,28H,3,13-14H2,1-2H3,(H,26,29)(H,27,30)(H,31,32,33)/t2*20-,21-/m00/s1. The molecule has 0 fully saturated rings. The number of ether oxygens (including phenoxy) is 2. The van der Waals surface area contributed by atoms with E-state index in [2.05, 4.69) is 26.3 Å². The van der Waals surface area contributed by atoms with Gasteiger partial charge in [0, 0.05) is 23.6 Å². The molecule has 3 heterocycles. The number of rotatable bonds is 22. The molecule has 7 aromatic rings. The molecule has 396 valence electrons. The number of alkyl carbamates (subject to hydrolysis) is 2. The van der Waals surface area contributed by atoms with Crippen LogP contribution >= 0.6 is 34.0 Å². The number of hydrogen-bond acceptors (Lipinski definition) is 15. The second kappa shape index (κ2) is 27.3. The number of carbonyl (C=O) groups is 4. The van der Waals surface area contributed by atoms with Gasteiger partial charge in [-0.15, -0.1) is 34.0 Å². The summed E-state index contributed by atoms with van der Waals surface area (Å²) in [5, 5.41) is 18.5. The summed E-state index contributed by atoms with van der Waals surface area (Å²) in [5.41, 5.74) is 5.41. The average Bonchev–Trinajstić information content (AvgIpc) is 4.21. The first-order valence-electron chi connectivity index (χ1n) is 22.9. The zero-order valence-electron chi connectivity index (χ0n) is 40.5. The van der Waals surface area contributed by atoms with Crippen molar-refractivity contribution in [2.75, 3.05) is 23.7 Å². The molecule has 20 nitrogen and oxygen atoms in total. The van der Waals surface area contributed by atoms with Crippen molar-refractivity contribution >= 4 is 90.0 Å². The van der Waals surface area contributed by atoms with Crippen molar-refractivity contribution in [1.82, 2.24) is 31.2 Å². The largest absolute Gasteiger partial charge is 0.453 e. The maximum absolute atomic E-state index is 13.5. The van der Waals surface area contributed by atoms with Crippen LogP contribution in [-0.4, -0.2) is 86.2 Å². The van der Waals surface area contributed by atoms with Crippen LogP contribution < -0.4 is 30.7 Å². The normalized spacial score (nSPS) is 12.8. The van der Waals surface area contributed by atoms with Crippen LogP contribution in [0.3, 0.4) is 0 Å². The summed E-state index contributed by atoms with van der Waals surface area (Å²) in [6, 6.07) is 32.5. The lowest BCUT2D eigenvalue weighted by Crippen LogP contribution is -2.49. The molecule has 0 unspecified atom stereocenters. The first-order valence-corrected chi connectivity index (χ1v) is 28.4. The Morgan fingerprint density at radius 3 is 1.35 bits per heavy atom. The second-order valence-corrected chi connectivity index (χ2v) is 21.4. The van der Waals surface area contributed by atoms with Gasteiger partial charge in [0.2, 0.25) is 11.8 Å². The summed E-state index contributed by atoms with van der Waals surface area (Å²) in [5.74, 6) is -0.807. The van der Waals surface area contributed by atoms with Gasteiger partial charge >= 0.3 is 32.8 Å². The number of hydrogen-bond donors (Lipinski definition) is 8. The zero-order chi connectivity index (χ0) is 54.0. The van der Waals surface area contributed by atoms with Crippen molar-refractivity contribution in [3.8, 4) is 10.6 Å². The van der Waals surface area contributed by atoms with Crippen molar-refractivity contribution in [1.29, 1.82) is 0 Å². The molecule has 75 heavy (non-hydrogen) atoms. The molecule has 4 atom stereocenters. The van der Waals surface area contributed by atoms with E-state index >= 15 is 0 Å².